The molecule has 3 heteroatoms. The molecule has 1 aromatic rings. The fraction of sp³-hybridized carbons (Fsp3) is 0.538. The molecule has 2 nitrogen and oxygen atoms in total. The molecule has 0 aliphatic carbocycles. The van der Waals surface area contributed by atoms with Crippen molar-refractivity contribution in [3.8, 4) is 0 Å². The molecule has 0 saturated carbocycles. The lowest BCUT2D eigenvalue weighted by Crippen LogP contribution is -2.28. The lowest BCUT2D eigenvalue weighted by atomic mass is 10.1. The molecule has 1 fully saturated rings. The van der Waals surface area contributed by atoms with Crippen LogP contribution in [0.1, 0.15) is 25.3 Å². The van der Waals surface area contributed by atoms with Gasteiger partial charge in [0.15, 0.2) is 0 Å². The third-order valence-electron chi connectivity index (χ3n) is 3.28. The van der Waals surface area contributed by atoms with E-state index in [4.69, 9.17) is 11.6 Å². The molecule has 88 valence electrons. The van der Waals surface area contributed by atoms with Crippen LogP contribution in [0.25, 0.3) is 0 Å². The van der Waals surface area contributed by atoms with Gasteiger partial charge in [0.2, 0.25) is 0 Å². The number of benzene rings is 1. The van der Waals surface area contributed by atoms with E-state index in [-0.39, 0.29) is 0 Å². The SMILES string of the molecule is CNCc1cccc(Cl)c1N1CCCC1C. The van der Waals surface area contributed by atoms with Crippen molar-refractivity contribution in [3.63, 3.8) is 0 Å². The van der Waals surface area contributed by atoms with Crippen LogP contribution in [0, 0.1) is 0 Å². The number of halogens is 1. The standard InChI is InChI=1S/C13H19ClN2/c1-10-5-4-8-16(10)13-11(9-15-2)6-3-7-12(13)14/h3,6-7,10,15H,4-5,8-9H2,1-2H3. The minimum absolute atomic E-state index is 0.607. The van der Waals surface area contributed by atoms with E-state index in [1.165, 1.54) is 24.1 Å². The van der Waals surface area contributed by atoms with Crippen molar-refractivity contribution in [2.24, 2.45) is 0 Å². The summed E-state index contributed by atoms with van der Waals surface area (Å²) >= 11 is 6.34. The number of rotatable bonds is 3. The molecule has 0 aromatic heterocycles. The first-order valence-corrected chi connectivity index (χ1v) is 6.30. The maximum atomic E-state index is 6.34. The van der Waals surface area contributed by atoms with Crippen LogP contribution in [-0.4, -0.2) is 19.6 Å². The Balaban J connectivity index is 2.36. The maximum Gasteiger partial charge on any atom is 0.0643 e. The molecular weight excluding hydrogens is 220 g/mol. The topological polar surface area (TPSA) is 15.3 Å². The van der Waals surface area contributed by atoms with Crippen LogP contribution in [0.5, 0.6) is 0 Å². The van der Waals surface area contributed by atoms with Crippen molar-refractivity contribution >= 4 is 17.3 Å². The molecule has 1 atom stereocenters. The Hall–Kier alpha value is -0.730. The molecule has 16 heavy (non-hydrogen) atoms. The van der Waals surface area contributed by atoms with E-state index in [2.05, 4.69) is 23.2 Å². The molecule has 0 spiro atoms. The van der Waals surface area contributed by atoms with E-state index in [0.717, 1.165) is 18.1 Å². The summed E-state index contributed by atoms with van der Waals surface area (Å²) in [5.74, 6) is 0. The van der Waals surface area contributed by atoms with Crippen molar-refractivity contribution in [1.82, 2.24) is 5.32 Å². The first kappa shape index (κ1) is 11.7. The highest BCUT2D eigenvalue weighted by Gasteiger charge is 2.24. The van der Waals surface area contributed by atoms with Gasteiger partial charge in [-0.05, 0) is 38.4 Å². The Morgan fingerprint density at radius 3 is 2.94 bits per heavy atom. The van der Waals surface area contributed by atoms with E-state index in [0.29, 0.717) is 6.04 Å². The predicted octanol–water partition coefficient (Wildman–Crippen LogP) is 3.05. The maximum absolute atomic E-state index is 6.34. The summed E-state index contributed by atoms with van der Waals surface area (Å²) in [5, 5.41) is 4.08. The molecule has 1 N–H and O–H groups in total. The van der Waals surface area contributed by atoms with Crippen LogP contribution in [0.3, 0.4) is 0 Å². The van der Waals surface area contributed by atoms with Gasteiger partial charge in [-0.15, -0.1) is 0 Å². The van der Waals surface area contributed by atoms with Crippen molar-refractivity contribution in [3.05, 3.63) is 28.8 Å². The summed E-state index contributed by atoms with van der Waals surface area (Å²) < 4.78 is 0. The monoisotopic (exact) mass is 238 g/mol. The van der Waals surface area contributed by atoms with Gasteiger partial charge in [0.1, 0.15) is 0 Å². The smallest absolute Gasteiger partial charge is 0.0643 e. The number of para-hydroxylation sites is 1. The van der Waals surface area contributed by atoms with Gasteiger partial charge < -0.3 is 10.2 Å². The van der Waals surface area contributed by atoms with E-state index in [1.54, 1.807) is 0 Å². The average molecular weight is 239 g/mol. The van der Waals surface area contributed by atoms with Gasteiger partial charge in [-0.2, -0.15) is 0 Å². The van der Waals surface area contributed by atoms with Gasteiger partial charge in [0, 0.05) is 19.1 Å². The van der Waals surface area contributed by atoms with E-state index in [1.807, 2.05) is 19.2 Å². The first-order chi connectivity index (χ1) is 7.74. The lowest BCUT2D eigenvalue weighted by molar-refractivity contribution is 0.726. The summed E-state index contributed by atoms with van der Waals surface area (Å²) in [6, 6.07) is 6.78. The second-order valence-corrected chi connectivity index (χ2v) is 4.87. The zero-order valence-corrected chi connectivity index (χ0v) is 10.7. The highest BCUT2D eigenvalue weighted by molar-refractivity contribution is 6.33. The highest BCUT2D eigenvalue weighted by atomic mass is 35.5. The van der Waals surface area contributed by atoms with Crippen LogP contribution >= 0.6 is 11.6 Å². The van der Waals surface area contributed by atoms with Gasteiger partial charge in [-0.25, -0.2) is 0 Å². The number of nitrogens with zero attached hydrogens (tertiary/aromatic N) is 1. The van der Waals surface area contributed by atoms with Gasteiger partial charge >= 0.3 is 0 Å². The summed E-state index contributed by atoms with van der Waals surface area (Å²) in [4.78, 5) is 2.44. The Morgan fingerprint density at radius 2 is 2.31 bits per heavy atom. The minimum Gasteiger partial charge on any atom is -0.367 e. The number of hydrogen-bond acceptors (Lipinski definition) is 2. The number of nitrogens with one attached hydrogen (secondary N) is 1. The summed E-state index contributed by atoms with van der Waals surface area (Å²) in [6.07, 6.45) is 2.54. The molecular formula is C13H19ClN2. The van der Waals surface area contributed by atoms with Crippen molar-refractivity contribution < 1.29 is 0 Å². The van der Waals surface area contributed by atoms with E-state index < -0.39 is 0 Å². The largest absolute Gasteiger partial charge is 0.367 e. The second-order valence-electron chi connectivity index (χ2n) is 4.46. The molecule has 1 unspecified atom stereocenters. The summed E-state index contributed by atoms with van der Waals surface area (Å²) in [7, 11) is 1.97. The van der Waals surface area contributed by atoms with Crippen LogP contribution < -0.4 is 10.2 Å². The van der Waals surface area contributed by atoms with Gasteiger partial charge in [-0.3, -0.25) is 0 Å². The van der Waals surface area contributed by atoms with Gasteiger partial charge in [0.05, 0.1) is 10.7 Å². The second kappa shape index (κ2) is 5.07. The van der Waals surface area contributed by atoms with Crippen molar-refractivity contribution in [2.45, 2.75) is 32.4 Å². The highest BCUT2D eigenvalue weighted by Crippen LogP contribution is 2.34. The van der Waals surface area contributed by atoms with Gasteiger partial charge in [0.25, 0.3) is 0 Å². The average Bonchev–Trinajstić information content (AvgIpc) is 2.65. The lowest BCUT2D eigenvalue weighted by Gasteiger charge is -2.27. The fourth-order valence-electron chi connectivity index (χ4n) is 2.48. The van der Waals surface area contributed by atoms with Crippen molar-refractivity contribution in [1.29, 1.82) is 0 Å². The van der Waals surface area contributed by atoms with E-state index in [9.17, 15) is 0 Å². The van der Waals surface area contributed by atoms with Gasteiger partial charge in [-0.1, -0.05) is 23.7 Å². The number of hydrogen-bond donors (Lipinski definition) is 1. The summed E-state index contributed by atoms with van der Waals surface area (Å²) in [5.41, 5.74) is 2.52. The molecule has 1 aromatic carbocycles. The Bertz CT molecular complexity index is 365. The third kappa shape index (κ3) is 2.18. The van der Waals surface area contributed by atoms with Crippen molar-refractivity contribution in [2.75, 3.05) is 18.5 Å². The fourth-order valence-corrected chi connectivity index (χ4v) is 2.78. The quantitative estimate of drug-likeness (QED) is 0.871. The first-order valence-electron chi connectivity index (χ1n) is 5.92. The zero-order valence-electron chi connectivity index (χ0n) is 9.96. The Kier molecular flexibility index (Phi) is 3.72. The number of anilines is 1. The normalized spacial score (nSPS) is 20.4. The zero-order chi connectivity index (χ0) is 11.5. The molecule has 1 saturated heterocycles. The Labute approximate surface area is 103 Å². The van der Waals surface area contributed by atoms with Crippen LogP contribution in [0.4, 0.5) is 5.69 Å². The third-order valence-corrected chi connectivity index (χ3v) is 3.58. The van der Waals surface area contributed by atoms with Crippen LogP contribution in [0.15, 0.2) is 18.2 Å². The molecule has 0 radical (unpaired) electrons. The van der Waals surface area contributed by atoms with E-state index >= 15 is 0 Å². The van der Waals surface area contributed by atoms with Crippen LogP contribution in [-0.2, 0) is 6.54 Å². The molecule has 0 bridgehead atoms. The molecule has 1 aliphatic rings. The molecule has 1 heterocycles. The predicted molar refractivity (Wildman–Crippen MR) is 70.3 cm³/mol. The summed E-state index contributed by atoms with van der Waals surface area (Å²) in [6.45, 7) is 4.28. The van der Waals surface area contributed by atoms with Crippen LogP contribution in [0.2, 0.25) is 5.02 Å². The Morgan fingerprint density at radius 1 is 1.50 bits per heavy atom. The minimum atomic E-state index is 0.607. The molecule has 2 rings (SSSR count). The molecule has 0 amide bonds. The molecule has 1 aliphatic heterocycles.